The molecule has 0 bridgehead atoms. The number of rotatable bonds is 60. The number of aliphatic carboxylic acids is 1. The number of allylic oxidation sites excluding steroid dienone is 14. The van der Waals surface area contributed by atoms with E-state index in [-0.39, 0.29) is 32.2 Å². The van der Waals surface area contributed by atoms with Crippen molar-refractivity contribution in [3.05, 3.63) is 85.1 Å². The van der Waals surface area contributed by atoms with Crippen molar-refractivity contribution in [2.75, 3.05) is 47.5 Å². The maximum absolute atomic E-state index is 12.9. The summed E-state index contributed by atoms with van der Waals surface area (Å²) in [5, 5.41) is 9.73. The minimum absolute atomic E-state index is 0.184. The van der Waals surface area contributed by atoms with Gasteiger partial charge in [0.2, 0.25) is 0 Å². The Morgan fingerprint density at radius 2 is 0.722 bits per heavy atom. The first kappa shape index (κ1) is 75.5. The summed E-state index contributed by atoms with van der Waals surface area (Å²) in [5.41, 5.74) is 0. The predicted molar refractivity (Wildman–Crippen MR) is 336 cm³/mol. The zero-order valence-corrected chi connectivity index (χ0v) is 52.0. The molecule has 0 heterocycles. The van der Waals surface area contributed by atoms with E-state index in [9.17, 15) is 19.5 Å². The van der Waals surface area contributed by atoms with E-state index in [2.05, 4.69) is 98.9 Å². The number of carbonyl (C=O) groups excluding carboxylic acids is 2. The van der Waals surface area contributed by atoms with Gasteiger partial charge in [-0.05, 0) is 89.9 Å². The molecule has 456 valence electrons. The second kappa shape index (κ2) is 60.6. The fourth-order valence-electron chi connectivity index (χ4n) is 9.13. The molecule has 2 atom stereocenters. The number of carboxylic acids is 1. The highest BCUT2D eigenvalue weighted by Crippen LogP contribution is 2.17. The molecule has 1 N–H and O–H groups in total. The van der Waals surface area contributed by atoms with Gasteiger partial charge >= 0.3 is 17.9 Å². The van der Waals surface area contributed by atoms with Crippen molar-refractivity contribution in [1.29, 1.82) is 0 Å². The zero-order chi connectivity index (χ0) is 57.6. The summed E-state index contributed by atoms with van der Waals surface area (Å²) in [5.74, 6) is -2.00. The van der Waals surface area contributed by atoms with Gasteiger partial charge in [-0.2, -0.15) is 0 Å². The van der Waals surface area contributed by atoms with Gasteiger partial charge in [0.05, 0.1) is 34.4 Å². The lowest BCUT2D eigenvalue weighted by Crippen LogP contribution is -2.40. The largest absolute Gasteiger partial charge is 0.477 e. The Morgan fingerprint density at radius 1 is 0.392 bits per heavy atom. The standard InChI is InChI=1S/C70H123NO8/c1-6-8-10-12-14-16-18-20-22-24-26-28-30-32-33-34-35-37-39-41-43-45-47-49-51-53-55-57-59-61-68(73)79-66(65-78-70(69(74)75)76-63-62-71(3,4)5)64-77-67(72)60-58-56-54-52-50-48-46-44-42-40-38-36-31-29-27-25-23-21-19-17-15-13-11-9-7-2/h8,10,14,16,19-22,25-28,32-33,66,70H,6-7,9,11-13,15,17-18,23-24,29-31,34-65H2,1-5H3/p+1/b10-8-,16-14-,21-19-,22-20-,27-25-,28-26-,33-32-. The van der Waals surface area contributed by atoms with E-state index < -0.39 is 24.3 Å². The monoisotopic (exact) mass is 1110 g/mol. The average molecular weight is 1110 g/mol. The Bertz CT molecular complexity index is 1570. The average Bonchev–Trinajstić information content (AvgIpc) is 3.42. The highest BCUT2D eigenvalue weighted by molar-refractivity contribution is 5.71. The maximum Gasteiger partial charge on any atom is 0.361 e. The molecule has 0 rings (SSSR count). The summed E-state index contributed by atoms with van der Waals surface area (Å²) >= 11 is 0. The predicted octanol–water partition coefficient (Wildman–Crippen LogP) is 19.9. The van der Waals surface area contributed by atoms with Crippen molar-refractivity contribution >= 4 is 17.9 Å². The fourth-order valence-corrected chi connectivity index (χ4v) is 9.13. The Morgan fingerprint density at radius 3 is 1.08 bits per heavy atom. The van der Waals surface area contributed by atoms with Crippen LogP contribution in [0.5, 0.6) is 0 Å². The number of likely N-dealkylation sites (N-methyl/N-ethyl adjacent to an activating group) is 1. The summed E-state index contributed by atoms with van der Waals surface area (Å²) < 4.78 is 23.0. The quantitative estimate of drug-likeness (QED) is 0.0211. The second-order valence-corrected chi connectivity index (χ2v) is 23.0. The molecule has 0 aromatic heterocycles. The smallest absolute Gasteiger partial charge is 0.361 e. The van der Waals surface area contributed by atoms with Crippen LogP contribution in [0.25, 0.3) is 0 Å². The summed E-state index contributed by atoms with van der Waals surface area (Å²) in [7, 11) is 5.98. The molecule has 0 saturated carbocycles. The van der Waals surface area contributed by atoms with E-state index in [1.54, 1.807) is 0 Å². The first-order chi connectivity index (χ1) is 38.6. The molecule has 0 saturated heterocycles. The highest BCUT2D eigenvalue weighted by atomic mass is 16.7. The zero-order valence-electron chi connectivity index (χ0n) is 52.0. The number of hydrogen-bond acceptors (Lipinski definition) is 7. The number of carbonyl (C=O) groups is 3. The lowest BCUT2D eigenvalue weighted by atomic mass is 10.0. The van der Waals surface area contributed by atoms with Crippen LogP contribution < -0.4 is 0 Å². The summed E-state index contributed by atoms with van der Waals surface area (Å²) in [6.45, 7) is 4.78. The summed E-state index contributed by atoms with van der Waals surface area (Å²) in [4.78, 5) is 37.6. The van der Waals surface area contributed by atoms with Crippen LogP contribution in [0.3, 0.4) is 0 Å². The van der Waals surface area contributed by atoms with Gasteiger partial charge in [-0.1, -0.05) is 266 Å². The van der Waals surface area contributed by atoms with Crippen LogP contribution >= 0.6 is 0 Å². The van der Waals surface area contributed by atoms with Crippen molar-refractivity contribution in [2.24, 2.45) is 0 Å². The molecular weight excluding hydrogens is 983 g/mol. The first-order valence-corrected chi connectivity index (χ1v) is 32.8. The van der Waals surface area contributed by atoms with Gasteiger partial charge in [-0.25, -0.2) is 4.79 Å². The number of nitrogens with zero attached hydrogens (tertiary/aromatic N) is 1. The van der Waals surface area contributed by atoms with E-state index in [1.807, 2.05) is 21.1 Å². The van der Waals surface area contributed by atoms with E-state index in [1.165, 1.54) is 180 Å². The normalized spacial score (nSPS) is 13.3. The number of ether oxygens (including phenoxy) is 4. The van der Waals surface area contributed by atoms with Crippen LogP contribution in [0.1, 0.15) is 284 Å². The molecule has 0 amide bonds. The minimum atomic E-state index is -1.51. The van der Waals surface area contributed by atoms with Crippen LogP contribution in [-0.4, -0.2) is 87.4 Å². The van der Waals surface area contributed by atoms with Gasteiger partial charge in [0, 0.05) is 12.8 Å². The molecule has 0 aromatic carbocycles. The van der Waals surface area contributed by atoms with Crippen molar-refractivity contribution in [3.8, 4) is 0 Å². The third kappa shape index (κ3) is 61.9. The molecule has 2 unspecified atom stereocenters. The third-order valence-corrected chi connectivity index (χ3v) is 14.1. The van der Waals surface area contributed by atoms with Crippen molar-refractivity contribution < 1.29 is 42.9 Å². The molecule has 9 nitrogen and oxygen atoms in total. The van der Waals surface area contributed by atoms with E-state index in [0.29, 0.717) is 17.4 Å². The molecule has 0 spiro atoms. The first-order valence-electron chi connectivity index (χ1n) is 32.8. The highest BCUT2D eigenvalue weighted by Gasteiger charge is 2.25. The number of quaternary nitrogens is 1. The molecule has 0 aromatic rings. The Labute approximate surface area is 487 Å². The molecule has 0 aliphatic rings. The third-order valence-electron chi connectivity index (χ3n) is 14.1. The SMILES string of the molecule is CC/C=C\C/C=C\C/C=C\C/C=C\C/C=C\CCCCCCCCCCCCCCCC(=O)OC(COC(=O)CCCCCCCCCCCCCCC/C=C\C/C=C\CCCCCCC)COC(OCC[N+](C)(C)C)C(=O)O. The van der Waals surface area contributed by atoms with E-state index in [0.717, 1.165) is 77.0 Å². The van der Waals surface area contributed by atoms with Crippen LogP contribution in [0.4, 0.5) is 0 Å². The summed E-state index contributed by atoms with van der Waals surface area (Å²) in [6, 6.07) is 0. The van der Waals surface area contributed by atoms with E-state index >= 15 is 0 Å². The Balaban J connectivity index is 4.17. The van der Waals surface area contributed by atoms with E-state index in [4.69, 9.17) is 18.9 Å². The molecule has 0 aliphatic carbocycles. The van der Waals surface area contributed by atoms with Crippen LogP contribution in [0.15, 0.2) is 85.1 Å². The van der Waals surface area contributed by atoms with Crippen LogP contribution in [0, 0.1) is 0 Å². The van der Waals surface area contributed by atoms with Gasteiger partial charge < -0.3 is 28.5 Å². The maximum atomic E-state index is 12.9. The molecular formula is C70H124NO8+. The number of carboxylic acid groups (broad SMARTS) is 1. The van der Waals surface area contributed by atoms with Crippen molar-refractivity contribution in [3.63, 3.8) is 0 Å². The Kier molecular flexibility index (Phi) is 57.9. The van der Waals surface area contributed by atoms with Gasteiger partial charge in [0.15, 0.2) is 6.10 Å². The van der Waals surface area contributed by atoms with Gasteiger partial charge in [-0.3, -0.25) is 9.59 Å². The van der Waals surface area contributed by atoms with Crippen LogP contribution in [-0.2, 0) is 33.3 Å². The molecule has 79 heavy (non-hydrogen) atoms. The minimum Gasteiger partial charge on any atom is -0.477 e. The van der Waals surface area contributed by atoms with Gasteiger partial charge in [0.25, 0.3) is 6.29 Å². The lowest BCUT2D eigenvalue weighted by Gasteiger charge is -2.25. The molecule has 9 heteroatoms. The van der Waals surface area contributed by atoms with Gasteiger partial charge in [-0.15, -0.1) is 0 Å². The topological polar surface area (TPSA) is 108 Å². The number of esters is 2. The van der Waals surface area contributed by atoms with Crippen molar-refractivity contribution in [1.82, 2.24) is 0 Å². The molecule has 0 fully saturated rings. The number of hydrogen-bond donors (Lipinski definition) is 1. The lowest BCUT2D eigenvalue weighted by molar-refractivity contribution is -0.870. The molecule has 0 radical (unpaired) electrons. The second-order valence-electron chi connectivity index (χ2n) is 23.0. The van der Waals surface area contributed by atoms with Gasteiger partial charge in [0.1, 0.15) is 13.2 Å². The fraction of sp³-hybridized carbons (Fsp3) is 0.757. The molecule has 0 aliphatic heterocycles. The Hall–Kier alpha value is -3.53. The van der Waals surface area contributed by atoms with Crippen LogP contribution in [0.2, 0.25) is 0 Å². The van der Waals surface area contributed by atoms with Crippen molar-refractivity contribution in [2.45, 2.75) is 296 Å². The summed E-state index contributed by atoms with van der Waals surface area (Å²) in [6.07, 6.45) is 78.2. The number of unbranched alkanes of at least 4 members (excludes halogenated alkanes) is 31.